The molecule has 0 amide bonds. The zero-order valence-corrected chi connectivity index (χ0v) is 9.07. The van der Waals surface area contributed by atoms with Gasteiger partial charge in [0.1, 0.15) is 24.4 Å². The summed E-state index contributed by atoms with van der Waals surface area (Å²) in [6, 6.07) is 0. The Hall–Kier alpha value is -0.420. The van der Waals surface area contributed by atoms with Crippen molar-refractivity contribution < 1.29 is 40.4 Å². The van der Waals surface area contributed by atoms with Crippen LogP contribution in [-0.2, 0) is 23.8 Å². The average molecular weight is 278 g/mol. The largest absolute Gasteiger partial charge is 0.523 e. The number of ether oxygens (including phenoxy) is 2. The smallest absolute Gasteiger partial charge is 0.388 e. The standard InChI is InChI=1S/C7H9F3O6S/c8-7(9,10)17(12,13)16-4-2-15-5-3(11)1-14-6(4)5/h3-6,11H,1-2H2/t3-,4-,5+,6+/m1/s1. The third-order valence-electron chi connectivity index (χ3n) is 2.52. The Morgan fingerprint density at radius 1 is 1.18 bits per heavy atom. The second kappa shape index (κ2) is 4.05. The molecule has 0 aromatic carbocycles. The van der Waals surface area contributed by atoms with Crippen LogP contribution in [0.5, 0.6) is 0 Å². The van der Waals surface area contributed by atoms with Crippen molar-refractivity contribution in [1.82, 2.24) is 0 Å². The molecule has 17 heavy (non-hydrogen) atoms. The number of alkyl halides is 3. The molecule has 1 N–H and O–H groups in total. The van der Waals surface area contributed by atoms with Crippen molar-refractivity contribution in [3.63, 3.8) is 0 Å². The van der Waals surface area contributed by atoms with Gasteiger partial charge in [-0.15, -0.1) is 0 Å². The van der Waals surface area contributed by atoms with E-state index in [1.54, 1.807) is 0 Å². The second-order valence-corrected chi connectivity index (χ2v) is 5.26. The lowest BCUT2D eigenvalue weighted by atomic mass is 10.1. The quantitative estimate of drug-likeness (QED) is 0.535. The summed E-state index contributed by atoms with van der Waals surface area (Å²) in [5, 5.41) is 9.30. The van der Waals surface area contributed by atoms with Gasteiger partial charge in [-0.25, -0.2) is 0 Å². The van der Waals surface area contributed by atoms with Gasteiger partial charge < -0.3 is 14.6 Å². The summed E-state index contributed by atoms with van der Waals surface area (Å²) in [4.78, 5) is 0. The SMILES string of the molecule is O=S(=O)(O[C@@H]1CO[C@@H]2[C@H]1OC[C@H]2O)C(F)(F)F. The minimum absolute atomic E-state index is 0.124. The van der Waals surface area contributed by atoms with Gasteiger partial charge in [-0.05, 0) is 0 Å². The number of aliphatic hydroxyl groups is 1. The molecule has 0 bridgehead atoms. The first-order valence-corrected chi connectivity index (χ1v) is 6.04. The number of hydrogen-bond donors (Lipinski definition) is 1. The fourth-order valence-corrected chi connectivity index (χ4v) is 2.34. The topological polar surface area (TPSA) is 82.1 Å². The molecule has 2 aliphatic rings. The van der Waals surface area contributed by atoms with Crippen molar-refractivity contribution in [2.75, 3.05) is 13.2 Å². The summed E-state index contributed by atoms with van der Waals surface area (Å²) in [5.41, 5.74) is -5.48. The normalized spacial score (nSPS) is 38.4. The molecule has 0 aliphatic carbocycles. The van der Waals surface area contributed by atoms with Crippen LogP contribution in [-0.4, -0.2) is 56.7 Å². The van der Waals surface area contributed by atoms with Crippen LogP contribution in [0.2, 0.25) is 0 Å². The molecule has 2 fully saturated rings. The third-order valence-corrected chi connectivity index (χ3v) is 3.58. The first-order chi connectivity index (χ1) is 7.72. The summed E-state index contributed by atoms with van der Waals surface area (Å²) in [6.07, 6.45) is -4.21. The fourth-order valence-electron chi connectivity index (χ4n) is 1.74. The van der Waals surface area contributed by atoms with Crippen molar-refractivity contribution in [3.05, 3.63) is 0 Å². The maximum atomic E-state index is 12.1. The van der Waals surface area contributed by atoms with E-state index in [9.17, 15) is 26.7 Å². The molecule has 0 saturated carbocycles. The van der Waals surface area contributed by atoms with E-state index in [-0.39, 0.29) is 13.2 Å². The van der Waals surface area contributed by atoms with Crippen molar-refractivity contribution >= 4 is 10.1 Å². The zero-order valence-electron chi connectivity index (χ0n) is 8.25. The first kappa shape index (κ1) is 13.0. The van der Waals surface area contributed by atoms with E-state index >= 15 is 0 Å². The third kappa shape index (κ3) is 2.27. The molecule has 2 aliphatic heterocycles. The molecule has 0 spiro atoms. The van der Waals surface area contributed by atoms with Gasteiger partial charge in [0.15, 0.2) is 0 Å². The van der Waals surface area contributed by atoms with Gasteiger partial charge in [0, 0.05) is 0 Å². The van der Waals surface area contributed by atoms with Crippen molar-refractivity contribution in [3.8, 4) is 0 Å². The first-order valence-electron chi connectivity index (χ1n) is 4.63. The summed E-state index contributed by atoms with van der Waals surface area (Å²) in [7, 11) is -5.68. The minimum Gasteiger partial charge on any atom is -0.388 e. The second-order valence-electron chi connectivity index (χ2n) is 3.70. The van der Waals surface area contributed by atoms with Gasteiger partial charge in [0.2, 0.25) is 0 Å². The van der Waals surface area contributed by atoms with E-state index in [1.165, 1.54) is 0 Å². The Morgan fingerprint density at radius 3 is 2.35 bits per heavy atom. The van der Waals surface area contributed by atoms with Crippen LogP contribution < -0.4 is 0 Å². The molecule has 100 valence electrons. The lowest BCUT2D eigenvalue weighted by Crippen LogP contribution is -2.37. The predicted octanol–water partition coefficient (Wildman–Crippen LogP) is -0.620. The maximum absolute atomic E-state index is 12.1. The monoisotopic (exact) mass is 278 g/mol. The predicted molar refractivity (Wildman–Crippen MR) is 45.3 cm³/mol. The molecule has 0 aromatic heterocycles. The molecular weight excluding hydrogens is 269 g/mol. The summed E-state index contributed by atoms with van der Waals surface area (Å²) in [5.74, 6) is 0. The maximum Gasteiger partial charge on any atom is 0.523 e. The number of rotatable bonds is 2. The molecule has 6 nitrogen and oxygen atoms in total. The Morgan fingerprint density at radius 2 is 1.76 bits per heavy atom. The highest BCUT2D eigenvalue weighted by molar-refractivity contribution is 7.87. The lowest BCUT2D eigenvalue weighted by Gasteiger charge is -2.17. The van der Waals surface area contributed by atoms with E-state index in [1.807, 2.05) is 0 Å². The number of hydrogen-bond acceptors (Lipinski definition) is 6. The summed E-state index contributed by atoms with van der Waals surface area (Å²) in [6.45, 7) is -0.497. The van der Waals surface area contributed by atoms with Crippen molar-refractivity contribution in [2.24, 2.45) is 0 Å². The van der Waals surface area contributed by atoms with Gasteiger partial charge in [0.05, 0.1) is 13.2 Å². The zero-order chi connectivity index (χ0) is 12.8. The molecule has 2 heterocycles. The van der Waals surface area contributed by atoms with Gasteiger partial charge in [-0.2, -0.15) is 21.6 Å². The molecule has 0 aromatic rings. The summed E-state index contributed by atoms with van der Waals surface area (Å²) < 4.78 is 71.6. The van der Waals surface area contributed by atoms with Gasteiger partial charge in [-0.1, -0.05) is 0 Å². The van der Waals surface area contributed by atoms with E-state index in [0.717, 1.165) is 0 Å². The molecule has 4 atom stereocenters. The Bertz CT molecular complexity index is 393. The summed E-state index contributed by atoms with van der Waals surface area (Å²) >= 11 is 0. The molecule has 0 unspecified atom stereocenters. The van der Waals surface area contributed by atoms with Crippen LogP contribution in [0, 0.1) is 0 Å². The van der Waals surface area contributed by atoms with Crippen molar-refractivity contribution in [2.45, 2.75) is 29.9 Å². The number of halogens is 3. The highest BCUT2D eigenvalue weighted by atomic mass is 32.2. The molecule has 10 heteroatoms. The van der Waals surface area contributed by atoms with Crippen LogP contribution in [0.4, 0.5) is 13.2 Å². The minimum atomic E-state index is -5.68. The number of fused-ring (bicyclic) bond motifs is 1. The molecule has 0 radical (unpaired) electrons. The van der Waals surface area contributed by atoms with Crippen molar-refractivity contribution in [1.29, 1.82) is 0 Å². The van der Waals surface area contributed by atoms with Crippen LogP contribution >= 0.6 is 0 Å². The van der Waals surface area contributed by atoms with E-state index in [4.69, 9.17) is 9.47 Å². The average Bonchev–Trinajstić information content (AvgIpc) is 2.70. The molecule has 2 rings (SSSR count). The van der Waals surface area contributed by atoms with Crippen LogP contribution in [0.15, 0.2) is 0 Å². The van der Waals surface area contributed by atoms with Crippen LogP contribution in [0.1, 0.15) is 0 Å². The number of aliphatic hydroxyl groups excluding tert-OH is 1. The van der Waals surface area contributed by atoms with E-state index in [0.29, 0.717) is 0 Å². The highest BCUT2D eigenvalue weighted by Gasteiger charge is 2.54. The Kier molecular flexibility index (Phi) is 3.11. The highest BCUT2D eigenvalue weighted by Crippen LogP contribution is 2.33. The fraction of sp³-hybridized carbons (Fsp3) is 1.00. The van der Waals surface area contributed by atoms with Gasteiger partial charge in [0.25, 0.3) is 0 Å². The van der Waals surface area contributed by atoms with E-state index in [2.05, 4.69) is 4.18 Å². The lowest BCUT2D eigenvalue weighted by molar-refractivity contribution is -0.0629. The van der Waals surface area contributed by atoms with Crippen LogP contribution in [0.3, 0.4) is 0 Å². The van der Waals surface area contributed by atoms with Crippen LogP contribution in [0.25, 0.3) is 0 Å². The van der Waals surface area contributed by atoms with E-state index < -0.39 is 40.0 Å². The molecule has 2 saturated heterocycles. The van der Waals surface area contributed by atoms with Gasteiger partial charge >= 0.3 is 15.6 Å². The Balaban J connectivity index is 2.07. The van der Waals surface area contributed by atoms with Gasteiger partial charge in [-0.3, -0.25) is 4.18 Å². The Labute approximate surface area is 94.4 Å². The molecular formula is C7H9F3O6S.